The Balaban J connectivity index is 1.37. The van der Waals surface area contributed by atoms with Crippen LogP contribution in [0.2, 0.25) is 0 Å². The third-order valence-corrected chi connectivity index (χ3v) is 4.85. The summed E-state index contributed by atoms with van der Waals surface area (Å²) in [6.07, 6.45) is 7.08. The number of benzene rings is 1. The van der Waals surface area contributed by atoms with Gasteiger partial charge in [0.25, 0.3) is 0 Å². The molecule has 1 saturated heterocycles. The van der Waals surface area contributed by atoms with Crippen molar-refractivity contribution in [1.29, 1.82) is 0 Å². The van der Waals surface area contributed by atoms with Crippen molar-refractivity contribution in [3.63, 3.8) is 0 Å². The summed E-state index contributed by atoms with van der Waals surface area (Å²) in [7, 11) is 0. The molecule has 3 heterocycles. The Hall–Kier alpha value is -2.74. The smallest absolute Gasteiger partial charge is 0.194 e. The zero-order valence-corrected chi connectivity index (χ0v) is 14.5. The van der Waals surface area contributed by atoms with Gasteiger partial charge in [0.1, 0.15) is 5.69 Å². The fourth-order valence-corrected chi connectivity index (χ4v) is 3.40. The number of hydrogen-bond acceptors (Lipinski definition) is 4. The highest BCUT2D eigenvalue weighted by Crippen LogP contribution is 2.25. The zero-order valence-electron chi connectivity index (χ0n) is 14.5. The van der Waals surface area contributed by atoms with Gasteiger partial charge in [-0.15, -0.1) is 5.10 Å². The van der Waals surface area contributed by atoms with Gasteiger partial charge in [-0.05, 0) is 42.7 Å². The van der Waals surface area contributed by atoms with E-state index in [0.717, 1.165) is 49.3 Å². The minimum atomic E-state index is -1.42. The second-order valence-corrected chi connectivity index (χ2v) is 6.71. The van der Waals surface area contributed by atoms with Gasteiger partial charge in [-0.2, -0.15) is 0 Å². The molecule has 1 aliphatic heterocycles. The third-order valence-electron chi connectivity index (χ3n) is 4.85. The van der Waals surface area contributed by atoms with Gasteiger partial charge in [0.15, 0.2) is 17.5 Å². The second kappa shape index (κ2) is 7.48. The molecule has 2 aromatic heterocycles. The van der Waals surface area contributed by atoms with E-state index in [2.05, 4.69) is 20.2 Å². The summed E-state index contributed by atoms with van der Waals surface area (Å²) in [5.74, 6) is -3.72. The number of halogens is 3. The van der Waals surface area contributed by atoms with Crippen LogP contribution < -0.4 is 0 Å². The minimum Gasteiger partial charge on any atom is -0.299 e. The molecular formula is C19H18F3N5. The van der Waals surface area contributed by atoms with Gasteiger partial charge in [0.2, 0.25) is 0 Å². The highest BCUT2D eigenvalue weighted by molar-refractivity contribution is 5.55. The molecule has 8 heteroatoms. The van der Waals surface area contributed by atoms with Crippen molar-refractivity contribution in [1.82, 2.24) is 24.9 Å². The maximum Gasteiger partial charge on any atom is 0.194 e. The lowest BCUT2D eigenvalue weighted by molar-refractivity contribution is 0.171. The molecule has 0 atom stereocenters. The maximum atomic E-state index is 13.4. The number of piperidine rings is 1. The van der Waals surface area contributed by atoms with E-state index in [1.807, 2.05) is 23.0 Å². The van der Waals surface area contributed by atoms with Gasteiger partial charge in [0.05, 0.1) is 12.2 Å². The average molecular weight is 373 g/mol. The second-order valence-electron chi connectivity index (χ2n) is 6.71. The fourth-order valence-electron chi connectivity index (χ4n) is 3.40. The quantitative estimate of drug-likeness (QED) is 0.656. The molecule has 0 saturated carbocycles. The molecule has 0 spiro atoms. The lowest BCUT2D eigenvalue weighted by atomic mass is 10.0. The molecule has 0 radical (unpaired) electrons. The Morgan fingerprint density at radius 3 is 2.48 bits per heavy atom. The summed E-state index contributed by atoms with van der Waals surface area (Å²) >= 11 is 0. The molecule has 3 aromatic rings. The van der Waals surface area contributed by atoms with Crippen LogP contribution >= 0.6 is 0 Å². The van der Waals surface area contributed by atoms with Crippen molar-refractivity contribution in [2.24, 2.45) is 0 Å². The number of rotatable bonds is 4. The topological polar surface area (TPSA) is 46.8 Å². The summed E-state index contributed by atoms with van der Waals surface area (Å²) in [5, 5.41) is 8.45. The molecule has 0 aliphatic carbocycles. The highest BCUT2D eigenvalue weighted by Gasteiger charge is 2.22. The van der Waals surface area contributed by atoms with Gasteiger partial charge < -0.3 is 0 Å². The van der Waals surface area contributed by atoms with Gasteiger partial charge >= 0.3 is 0 Å². The Bertz CT molecular complexity index is 897. The first-order valence-electron chi connectivity index (χ1n) is 8.78. The van der Waals surface area contributed by atoms with E-state index >= 15 is 0 Å². The van der Waals surface area contributed by atoms with Crippen molar-refractivity contribution >= 4 is 0 Å². The van der Waals surface area contributed by atoms with E-state index in [1.165, 1.54) is 0 Å². The van der Waals surface area contributed by atoms with Crippen LogP contribution in [-0.4, -0.2) is 38.0 Å². The van der Waals surface area contributed by atoms with Gasteiger partial charge in [-0.3, -0.25) is 9.88 Å². The Kier molecular flexibility index (Phi) is 4.89. The molecule has 1 fully saturated rings. The first-order valence-corrected chi connectivity index (χ1v) is 8.78. The number of pyridine rings is 1. The zero-order chi connectivity index (χ0) is 18.8. The Labute approximate surface area is 154 Å². The largest absolute Gasteiger partial charge is 0.299 e. The summed E-state index contributed by atoms with van der Waals surface area (Å²) in [4.78, 5) is 6.19. The van der Waals surface area contributed by atoms with Crippen LogP contribution in [0.25, 0.3) is 11.3 Å². The minimum absolute atomic E-state index is 0.223. The number of hydrogen-bond donors (Lipinski definition) is 0. The fraction of sp³-hybridized carbons (Fsp3) is 0.316. The molecule has 0 bridgehead atoms. The Morgan fingerprint density at radius 2 is 1.81 bits per heavy atom. The van der Waals surface area contributed by atoms with Gasteiger partial charge in [0, 0.05) is 37.6 Å². The van der Waals surface area contributed by atoms with Crippen LogP contribution in [0.3, 0.4) is 0 Å². The highest BCUT2D eigenvalue weighted by atomic mass is 19.2. The van der Waals surface area contributed by atoms with Crippen molar-refractivity contribution in [3.05, 3.63) is 65.9 Å². The van der Waals surface area contributed by atoms with E-state index in [1.54, 1.807) is 12.4 Å². The predicted octanol–water partition coefficient (Wildman–Crippen LogP) is 3.59. The molecular weight excluding hydrogens is 355 g/mol. The molecule has 5 nitrogen and oxygen atoms in total. The molecule has 140 valence electrons. The van der Waals surface area contributed by atoms with E-state index < -0.39 is 17.5 Å². The summed E-state index contributed by atoms with van der Waals surface area (Å²) in [6.45, 7) is 1.90. The first kappa shape index (κ1) is 17.7. The average Bonchev–Trinajstić information content (AvgIpc) is 3.17. The summed E-state index contributed by atoms with van der Waals surface area (Å²) < 4.78 is 41.7. The predicted molar refractivity (Wildman–Crippen MR) is 93.1 cm³/mol. The van der Waals surface area contributed by atoms with Crippen molar-refractivity contribution in [3.8, 4) is 11.3 Å². The molecule has 1 aliphatic rings. The van der Waals surface area contributed by atoms with Crippen LogP contribution in [0.15, 0.2) is 42.9 Å². The molecule has 4 rings (SSSR count). The van der Waals surface area contributed by atoms with Crippen molar-refractivity contribution < 1.29 is 13.2 Å². The Morgan fingerprint density at radius 1 is 1.07 bits per heavy atom. The van der Waals surface area contributed by atoms with Crippen LogP contribution in [0.5, 0.6) is 0 Å². The molecule has 1 aromatic carbocycles. The number of aromatic nitrogens is 4. The lowest BCUT2D eigenvalue weighted by Gasteiger charge is -2.31. The summed E-state index contributed by atoms with van der Waals surface area (Å²) in [6, 6.07) is 6.13. The first-order chi connectivity index (χ1) is 13.1. The van der Waals surface area contributed by atoms with E-state index in [0.29, 0.717) is 12.1 Å². The van der Waals surface area contributed by atoms with E-state index in [9.17, 15) is 13.2 Å². The van der Waals surface area contributed by atoms with Crippen LogP contribution in [0.4, 0.5) is 13.2 Å². The van der Waals surface area contributed by atoms with Crippen LogP contribution in [-0.2, 0) is 6.54 Å². The van der Waals surface area contributed by atoms with Crippen LogP contribution in [0, 0.1) is 17.5 Å². The van der Waals surface area contributed by atoms with Crippen LogP contribution in [0.1, 0.15) is 24.4 Å². The number of nitrogens with zero attached hydrogens (tertiary/aromatic N) is 5. The molecule has 0 unspecified atom stereocenters. The molecule has 27 heavy (non-hydrogen) atoms. The number of likely N-dealkylation sites (tertiary alicyclic amines) is 1. The molecule has 0 N–H and O–H groups in total. The van der Waals surface area contributed by atoms with E-state index in [-0.39, 0.29) is 6.04 Å². The SMILES string of the molecule is Fc1cc(CN2CCC(n3cc(-c4cccnc4)nn3)CC2)cc(F)c1F. The van der Waals surface area contributed by atoms with E-state index in [4.69, 9.17) is 0 Å². The van der Waals surface area contributed by atoms with Crippen molar-refractivity contribution in [2.45, 2.75) is 25.4 Å². The monoisotopic (exact) mass is 373 g/mol. The van der Waals surface area contributed by atoms with Crippen molar-refractivity contribution in [2.75, 3.05) is 13.1 Å². The van der Waals surface area contributed by atoms with Gasteiger partial charge in [-0.25, -0.2) is 17.9 Å². The van der Waals surface area contributed by atoms with Gasteiger partial charge in [-0.1, -0.05) is 5.21 Å². The molecule has 0 amide bonds. The maximum absolute atomic E-state index is 13.4. The normalized spacial score (nSPS) is 16.0. The lowest BCUT2D eigenvalue weighted by Crippen LogP contribution is -2.34. The summed E-state index contributed by atoms with van der Waals surface area (Å²) in [5.41, 5.74) is 2.13. The third kappa shape index (κ3) is 3.85. The standard InChI is InChI=1S/C19H18F3N5/c20-16-8-13(9-17(21)19(16)22)11-26-6-3-15(4-7-26)27-12-18(24-25-27)14-2-1-5-23-10-14/h1-2,5,8-10,12,15H,3-4,6-7,11H2.